The zero-order valence-electron chi connectivity index (χ0n) is 17.1. The van der Waals surface area contributed by atoms with Gasteiger partial charge in [0.2, 0.25) is 0 Å². The fourth-order valence-corrected chi connectivity index (χ4v) is 3.79. The number of aryl methyl sites for hydroxylation is 1. The van der Waals surface area contributed by atoms with Crippen molar-refractivity contribution in [3.05, 3.63) is 52.3 Å². The maximum Gasteiger partial charge on any atom is 0.340 e. The molecule has 3 N–H and O–H groups in total. The molecular weight excluding hydrogens is 370 g/mol. The molecule has 1 saturated carbocycles. The number of rotatable bonds is 6. The molecule has 0 aliphatic heterocycles. The molecule has 29 heavy (non-hydrogen) atoms. The van der Waals surface area contributed by atoms with Crippen molar-refractivity contribution >= 4 is 23.5 Å². The van der Waals surface area contributed by atoms with E-state index in [1.54, 1.807) is 45.0 Å². The predicted molar refractivity (Wildman–Crippen MR) is 110 cm³/mol. The number of esters is 1. The molecule has 1 heterocycles. The van der Waals surface area contributed by atoms with Crippen LogP contribution in [-0.4, -0.2) is 35.4 Å². The Kier molecular flexibility index (Phi) is 6.36. The summed E-state index contributed by atoms with van der Waals surface area (Å²) in [4.78, 5) is 40.7. The van der Waals surface area contributed by atoms with Gasteiger partial charge in [-0.25, -0.2) is 4.79 Å². The topological polar surface area (TPSA) is 100 Å². The summed E-state index contributed by atoms with van der Waals surface area (Å²) < 4.78 is 5.07. The number of hydrogen-bond donors (Lipinski definition) is 3. The highest BCUT2D eigenvalue weighted by atomic mass is 16.5. The number of aromatic nitrogens is 1. The Labute approximate surface area is 170 Å². The SMILES string of the molecule is CCOC(=O)c1c(C)[nH]c(C(=O)Nc2ccccc2C(=O)NC2CCCC2)c1C. The van der Waals surface area contributed by atoms with Crippen LogP contribution in [0, 0.1) is 13.8 Å². The monoisotopic (exact) mass is 397 g/mol. The minimum absolute atomic E-state index is 0.187. The molecule has 1 fully saturated rings. The number of nitrogens with one attached hydrogen (secondary N) is 3. The van der Waals surface area contributed by atoms with E-state index in [2.05, 4.69) is 15.6 Å². The molecule has 1 aliphatic carbocycles. The van der Waals surface area contributed by atoms with Gasteiger partial charge >= 0.3 is 5.97 Å². The van der Waals surface area contributed by atoms with Crippen LogP contribution >= 0.6 is 0 Å². The van der Waals surface area contributed by atoms with Crippen molar-refractivity contribution in [2.45, 2.75) is 52.5 Å². The lowest BCUT2D eigenvalue weighted by atomic mass is 10.1. The molecule has 1 aromatic heterocycles. The number of aromatic amines is 1. The molecular formula is C22H27N3O4. The van der Waals surface area contributed by atoms with Crippen LogP contribution in [0.15, 0.2) is 24.3 Å². The van der Waals surface area contributed by atoms with Crippen LogP contribution < -0.4 is 10.6 Å². The highest BCUT2D eigenvalue weighted by Gasteiger charge is 2.24. The van der Waals surface area contributed by atoms with Crippen LogP contribution in [0.4, 0.5) is 5.69 Å². The summed E-state index contributed by atoms with van der Waals surface area (Å²) in [5.41, 5.74) is 2.57. The number of anilines is 1. The minimum atomic E-state index is -0.464. The third-order valence-electron chi connectivity index (χ3n) is 5.25. The van der Waals surface area contributed by atoms with Crippen LogP contribution in [-0.2, 0) is 4.74 Å². The normalized spacial score (nSPS) is 13.9. The first kappa shape index (κ1) is 20.6. The molecule has 0 atom stereocenters. The second kappa shape index (κ2) is 8.94. The number of amides is 2. The number of carbonyl (C=O) groups excluding carboxylic acids is 3. The molecule has 154 valence electrons. The fourth-order valence-electron chi connectivity index (χ4n) is 3.79. The quantitative estimate of drug-likeness (QED) is 0.647. The van der Waals surface area contributed by atoms with Gasteiger partial charge in [-0.15, -0.1) is 0 Å². The molecule has 1 aliphatic rings. The molecule has 0 saturated heterocycles. The summed E-state index contributed by atoms with van der Waals surface area (Å²) >= 11 is 0. The highest BCUT2D eigenvalue weighted by molar-refractivity contribution is 6.10. The molecule has 3 rings (SSSR count). The van der Waals surface area contributed by atoms with E-state index >= 15 is 0 Å². The van der Waals surface area contributed by atoms with Crippen molar-refractivity contribution in [2.75, 3.05) is 11.9 Å². The average Bonchev–Trinajstić information content (AvgIpc) is 3.29. The Balaban J connectivity index is 1.80. The number of para-hydroxylation sites is 1. The Morgan fingerprint density at radius 1 is 1.10 bits per heavy atom. The largest absolute Gasteiger partial charge is 0.462 e. The second-order valence-electron chi connectivity index (χ2n) is 7.30. The first-order chi connectivity index (χ1) is 13.9. The summed E-state index contributed by atoms with van der Waals surface area (Å²) in [6, 6.07) is 7.10. The van der Waals surface area contributed by atoms with Gasteiger partial charge in [0.05, 0.1) is 23.4 Å². The Bertz CT molecular complexity index is 926. The van der Waals surface area contributed by atoms with Gasteiger partial charge in [-0.1, -0.05) is 25.0 Å². The fraction of sp³-hybridized carbons (Fsp3) is 0.409. The van der Waals surface area contributed by atoms with E-state index in [-0.39, 0.29) is 24.2 Å². The maximum atomic E-state index is 12.9. The van der Waals surface area contributed by atoms with Crippen molar-refractivity contribution in [1.29, 1.82) is 0 Å². The molecule has 0 radical (unpaired) electrons. The molecule has 2 aromatic rings. The lowest BCUT2D eigenvalue weighted by molar-refractivity contribution is 0.0524. The highest BCUT2D eigenvalue weighted by Crippen LogP contribution is 2.23. The minimum Gasteiger partial charge on any atom is -0.462 e. The molecule has 7 nitrogen and oxygen atoms in total. The van der Waals surface area contributed by atoms with Gasteiger partial charge in [0.1, 0.15) is 5.69 Å². The summed E-state index contributed by atoms with van der Waals surface area (Å²) in [5, 5.41) is 5.84. The Morgan fingerprint density at radius 2 is 1.79 bits per heavy atom. The number of hydrogen-bond acceptors (Lipinski definition) is 4. The van der Waals surface area contributed by atoms with Crippen LogP contribution in [0.25, 0.3) is 0 Å². The summed E-state index contributed by atoms with van der Waals surface area (Å²) in [5.74, 6) is -1.07. The summed E-state index contributed by atoms with van der Waals surface area (Å²) in [6.45, 7) is 5.41. The average molecular weight is 397 g/mol. The molecule has 2 amide bonds. The van der Waals surface area contributed by atoms with E-state index < -0.39 is 11.9 Å². The van der Waals surface area contributed by atoms with Crippen molar-refractivity contribution in [3.63, 3.8) is 0 Å². The summed E-state index contributed by atoms with van der Waals surface area (Å²) in [6.07, 6.45) is 4.21. The van der Waals surface area contributed by atoms with Crippen LogP contribution in [0.2, 0.25) is 0 Å². The van der Waals surface area contributed by atoms with Crippen LogP contribution in [0.1, 0.15) is 75.1 Å². The van der Waals surface area contributed by atoms with Crippen molar-refractivity contribution in [1.82, 2.24) is 10.3 Å². The van der Waals surface area contributed by atoms with Crippen molar-refractivity contribution < 1.29 is 19.1 Å². The maximum absolute atomic E-state index is 12.9. The molecule has 0 bridgehead atoms. The van der Waals surface area contributed by atoms with E-state index in [1.807, 2.05) is 0 Å². The van der Waals surface area contributed by atoms with Crippen LogP contribution in [0.3, 0.4) is 0 Å². The van der Waals surface area contributed by atoms with Gasteiger partial charge in [-0.3, -0.25) is 9.59 Å². The van der Waals surface area contributed by atoms with Gasteiger partial charge < -0.3 is 20.4 Å². The molecule has 0 spiro atoms. The number of carbonyl (C=O) groups is 3. The van der Waals surface area contributed by atoms with Crippen molar-refractivity contribution in [2.24, 2.45) is 0 Å². The third kappa shape index (κ3) is 4.50. The van der Waals surface area contributed by atoms with E-state index in [9.17, 15) is 14.4 Å². The van der Waals surface area contributed by atoms with E-state index in [0.717, 1.165) is 25.7 Å². The van der Waals surface area contributed by atoms with Crippen LogP contribution in [0.5, 0.6) is 0 Å². The van der Waals surface area contributed by atoms with Gasteiger partial charge in [0.15, 0.2) is 0 Å². The van der Waals surface area contributed by atoms with Crippen molar-refractivity contribution in [3.8, 4) is 0 Å². The first-order valence-electron chi connectivity index (χ1n) is 9.99. The Morgan fingerprint density at radius 3 is 2.48 bits per heavy atom. The van der Waals surface area contributed by atoms with E-state index in [1.165, 1.54) is 0 Å². The second-order valence-corrected chi connectivity index (χ2v) is 7.30. The molecule has 0 unspecified atom stereocenters. The number of benzene rings is 1. The van der Waals surface area contributed by atoms with Gasteiger partial charge in [-0.2, -0.15) is 0 Å². The Hall–Kier alpha value is -3.09. The zero-order chi connectivity index (χ0) is 21.0. The van der Waals surface area contributed by atoms with Gasteiger partial charge in [-0.05, 0) is 51.3 Å². The lowest BCUT2D eigenvalue weighted by Crippen LogP contribution is -2.33. The van der Waals surface area contributed by atoms with Gasteiger partial charge in [0.25, 0.3) is 11.8 Å². The number of ether oxygens (including phenoxy) is 1. The smallest absolute Gasteiger partial charge is 0.340 e. The summed E-state index contributed by atoms with van der Waals surface area (Å²) in [7, 11) is 0. The molecule has 7 heteroatoms. The first-order valence-corrected chi connectivity index (χ1v) is 9.99. The zero-order valence-corrected chi connectivity index (χ0v) is 17.1. The number of H-pyrrole nitrogens is 1. The lowest BCUT2D eigenvalue weighted by Gasteiger charge is -2.15. The molecule has 1 aromatic carbocycles. The third-order valence-corrected chi connectivity index (χ3v) is 5.25. The van der Waals surface area contributed by atoms with E-state index in [0.29, 0.717) is 28.1 Å². The predicted octanol–water partition coefficient (Wildman–Crippen LogP) is 3.73. The van der Waals surface area contributed by atoms with Gasteiger partial charge in [0, 0.05) is 11.7 Å². The standard InChI is InChI=1S/C22H27N3O4/c1-4-29-22(28)18-13(2)19(23-14(18)3)21(27)25-17-12-8-7-11-16(17)20(26)24-15-9-5-6-10-15/h7-8,11-12,15,23H,4-6,9-10H2,1-3H3,(H,24,26)(H,25,27). The van der Waals surface area contributed by atoms with E-state index in [4.69, 9.17) is 4.74 Å².